The Hall–Kier alpha value is -1.83. The van der Waals surface area contributed by atoms with Crippen molar-refractivity contribution in [3.63, 3.8) is 0 Å². The molecule has 0 atom stereocenters. The number of nitriles is 1. The van der Waals surface area contributed by atoms with E-state index in [1.165, 1.54) is 0 Å². The third kappa shape index (κ3) is 2.16. The van der Waals surface area contributed by atoms with Crippen LogP contribution < -0.4 is 0 Å². The van der Waals surface area contributed by atoms with Crippen molar-refractivity contribution in [1.82, 2.24) is 14.5 Å². The van der Waals surface area contributed by atoms with Crippen LogP contribution in [-0.2, 0) is 7.05 Å². The molecular formula is C12H16N4O. The summed E-state index contributed by atoms with van der Waals surface area (Å²) in [6.45, 7) is 3.25. The molecule has 0 spiro atoms. The Morgan fingerprint density at radius 3 is 2.65 bits per heavy atom. The van der Waals surface area contributed by atoms with E-state index >= 15 is 0 Å². The van der Waals surface area contributed by atoms with Crippen molar-refractivity contribution in [3.05, 3.63) is 18.2 Å². The second kappa shape index (κ2) is 4.21. The highest BCUT2D eigenvalue weighted by molar-refractivity contribution is 5.92. The maximum atomic E-state index is 12.2. The van der Waals surface area contributed by atoms with Crippen LogP contribution in [0.2, 0.25) is 0 Å². The maximum Gasteiger partial charge on any atom is 0.272 e. The van der Waals surface area contributed by atoms with Crippen LogP contribution in [0.3, 0.4) is 0 Å². The van der Waals surface area contributed by atoms with Gasteiger partial charge in [-0.15, -0.1) is 0 Å². The van der Waals surface area contributed by atoms with E-state index in [1.807, 2.05) is 14.0 Å². The molecule has 5 heteroatoms. The van der Waals surface area contributed by atoms with Crippen molar-refractivity contribution in [2.45, 2.75) is 19.8 Å². The number of rotatable bonds is 1. The summed E-state index contributed by atoms with van der Waals surface area (Å²) < 4.78 is 1.72. The number of aryl methyl sites for hydroxylation is 1. The Bertz CT molecular complexity index is 463. The first kappa shape index (κ1) is 11.6. The number of amides is 1. The zero-order valence-electron chi connectivity index (χ0n) is 10.2. The fourth-order valence-corrected chi connectivity index (χ4v) is 2.04. The zero-order valence-corrected chi connectivity index (χ0v) is 10.2. The molecule has 5 nitrogen and oxygen atoms in total. The largest absolute Gasteiger partial charge is 0.337 e. The van der Waals surface area contributed by atoms with Crippen LogP contribution in [0, 0.1) is 16.7 Å². The lowest BCUT2D eigenvalue weighted by molar-refractivity contribution is 0.0652. The summed E-state index contributed by atoms with van der Waals surface area (Å²) in [4.78, 5) is 17.9. The molecule has 1 amide bonds. The van der Waals surface area contributed by atoms with E-state index in [0.717, 1.165) is 12.8 Å². The highest BCUT2D eigenvalue weighted by atomic mass is 16.2. The molecule has 17 heavy (non-hydrogen) atoms. The predicted molar refractivity (Wildman–Crippen MR) is 62.1 cm³/mol. The fourth-order valence-electron chi connectivity index (χ4n) is 2.04. The Balaban J connectivity index is 2.06. The van der Waals surface area contributed by atoms with Gasteiger partial charge in [-0.05, 0) is 19.8 Å². The van der Waals surface area contributed by atoms with Crippen molar-refractivity contribution in [3.8, 4) is 6.07 Å². The first-order valence-corrected chi connectivity index (χ1v) is 5.72. The van der Waals surface area contributed by atoms with Crippen molar-refractivity contribution in [1.29, 1.82) is 5.26 Å². The molecule has 0 aromatic carbocycles. The lowest BCUT2D eigenvalue weighted by atomic mass is 9.82. The molecule has 0 bridgehead atoms. The molecule has 1 aliphatic rings. The summed E-state index contributed by atoms with van der Waals surface area (Å²) in [6.07, 6.45) is 4.69. The number of nitrogens with zero attached hydrogens (tertiary/aromatic N) is 4. The Morgan fingerprint density at radius 1 is 1.53 bits per heavy atom. The minimum absolute atomic E-state index is 0.00462. The molecule has 1 aliphatic heterocycles. The molecule has 1 aromatic heterocycles. The van der Waals surface area contributed by atoms with Gasteiger partial charge >= 0.3 is 0 Å². The van der Waals surface area contributed by atoms with Crippen LogP contribution in [0.25, 0.3) is 0 Å². The average molecular weight is 232 g/mol. The van der Waals surface area contributed by atoms with Gasteiger partial charge in [-0.1, -0.05) is 0 Å². The summed E-state index contributed by atoms with van der Waals surface area (Å²) in [7, 11) is 1.81. The lowest BCUT2D eigenvalue weighted by Gasteiger charge is -2.34. The van der Waals surface area contributed by atoms with Gasteiger partial charge in [0.15, 0.2) is 0 Å². The Morgan fingerprint density at radius 2 is 2.18 bits per heavy atom. The number of aromatic nitrogens is 2. The third-order valence-corrected chi connectivity index (χ3v) is 3.46. The molecule has 1 aromatic rings. The standard InChI is InChI=1S/C12H16N4O/c1-12(8-13)3-5-16(6-4-12)11(17)10-7-14-9-15(10)2/h7,9H,3-6H2,1-2H3. The van der Waals surface area contributed by atoms with E-state index in [9.17, 15) is 4.79 Å². The quantitative estimate of drug-likeness (QED) is 0.730. The van der Waals surface area contributed by atoms with Gasteiger partial charge in [0.2, 0.25) is 0 Å². The SMILES string of the molecule is Cn1cncc1C(=O)N1CCC(C)(C#N)CC1. The van der Waals surface area contributed by atoms with E-state index in [4.69, 9.17) is 5.26 Å². The predicted octanol–water partition coefficient (Wildman–Crippen LogP) is 1.19. The monoisotopic (exact) mass is 232 g/mol. The minimum atomic E-state index is -0.275. The van der Waals surface area contributed by atoms with Crippen LogP contribution in [0.15, 0.2) is 12.5 Å². The maximum absolute atomic E-state index is 12.2. The van der Waals surface area contributed by atoms with E-state index in [0.29, 0.717) is 18.8 Å². The molecule has 90 valence electrons. The van der Waals surface area contributed by atoms with E-state index in [1.54, 1.807) is 22.0 Å². The zero-order chi connectivity index (χ0) is 12.5. The van der Waals surface area contributed by atoms with Crippen LogP contribution in [0.4, 0.5) is 0 Å². The lowest BCUT2D eigenvalue weighted by Crippen LogP contribution is -2.42. The molecule has 0 saturated carbocycles. The van der Waals surface area contributed by atoms with Gasteiger partial charge in [0.25, 0.3) is 5.91 Å². The first-order valence-electron chi connectivity index (χ1n) is 5.72. The highest BCUT2D eigenvalue weighted by Crippen LogP contribution is 2.30. The molecule has 0 unspecified atom stereocenters. The third-order valence-electron chi connectivity index (χ3n) is 3.46. The van der Waals surface area contributed by atoms with Gasteiger partial charge in [0.1, 0.15) is 5.69 Å². The van der Waals surface area contributed by atoms with Crippen LogP contribution in [0.1, 0.15) is 30.3 Å². The summed E-state index contributed by atoms with van der Waals surface area (Å²) in [5.74, 6) is 0.00462. The molecular weight excluding hydrogens is 216 g/mol. The second-order valence-corrected chi connectivity index (χ2v) is 4.85. The normalized spacial score (nSPS) is 18.8. The number of carbonyl (C=O) groups is 1. The van der Waals surface area contributed by atoms with Gasteiger partial charge in [-0.3, -0.25) is 4.79 Å². The van der Waals surface area contributed by atoms with Crippen LogP contribution >= 0.6 is 0 Å². The number of hydrogen-bond donors (Lipinski definition) is 0. The van der Waals surface area contributed by atoms with E-state index in [-0.39, 0.29) is 11.3 Å². The van der Waals surface area contributed by atoms with Crippen LogP contribution in [-0.4, -0.2) is 33.4 Å². The van der Waals surface area contributed by atoms with Gasteiger partial charge in [0.05, 0.1) is 24.0 Å². The van der Waals surface area contributed by atoms with Gasteiger partial charge < -0.3 is 9.47 Å². The topological polar surface area (TPSA) is 61.9 Å². The second-order valence-electron chi connectivity index (χ2n) is 4.85. The Kier molecular flexibility index (Phi) is 2.88. The molecule has 0 N–H and O–H groups in total. The molecule has 2 rings (SSSR count). The molecule has 2 heterocycles. The van der Waals surface area contributed by atoms with Gasteiger partial charge in [-0.25, -0.2) is 4.98 Å². The summed E-state index contributed by atoms with van der Waals surface area (Å²) in [5.41, 5.74) is 0.328. The smallest absolute Gasteiger partial charge is 0.272 e. The van der Waals surface area contributed by atoms with Crippen molar-refractivity contribution in [2.24, 2.45) is 12.5 Å². The molecule has 0 radical (unpaired) electrons. The van der Waals surface area contributed by atoms with Gasteiger partial charge in [-0.2, -0.15) is 5.26 Å². The molecule has 1 fully saturated rings. The number of piperidine rings is 1. The van der Waals surface area contributed by atoms with E-state index < -0.39 is 0 Å². The van der Waals surface area contributed by atoms with Crippen molar-refractivity contribution < 1.29 is 4.79 Å². The summed E-state index contributed by atoms with van der Waals surface area (Å²) in [6, 6.07) is 2.33. The highest BCUT2D eigenvalue weighted by Gasteiger charge is 2.32. The first-order chi connectivity index (χ1) is 8.06. The van der Waals surface area contributed by atoms with E-state index in [2.05, 4.69) is 11.1 Å². The molecule has 0 aliphatic carbocycles. The minimum Gasteiger partial charge on any atom is -0.337 e. The fraction of sp³-hybridized carbons (Fsp3) is 0.583. The number of likely N-dealkylation sites (tertiary alicyclic amines) is 1. The average Bonchev–Trinajstić information content (AvgIpc) is 2.76. The number of imidazole rings is 1. The number of hydrogen-bond acceptors (Lipinski definition) is 3. The summed E-state index contributed by atoms with van der Waals surface area (Å²) in [5, 5.41) is 9.04. The molecule has 1 saturated heterocycles. The number of carbonyl (C=O) groups excluding carboxylic acids is 1. The summed E-state index contributed by atoms with van der Waals surface area (Å²) >= 11 is 0. The van der Waals surface area contributed by atoms with Crippen LogP contribution in [0.5, 0.6) is 0 Å². The van der Waals surface area contributed by atoms with Gasteiger partial charge in [0, 0.05) is 20.1 Å². The van der Waals surface area contributed by atoms with Crippen molar-refractivity contribution >= 4 is 5.91 Å². The Labute approximate surface area is 101 Å². The van der Waals surface area contributed by atoms with Crippen molar-refractivity contribution in [2.75, 3.05) is 13.1 Å².